The first kappa shape index (κ1) is 24.7. The van der Waals surface area contributed by atoms with Gasteiger partial charge in [-0.3, -0.25) is 9.79 Å². The lowest BCUT2D eigenvalue weighted by atomic mass is 9.83. The Balaban J connectivity index is 1.56. The van der Waals surface area contributed by atoms with E-state index in [-0.39, 0.29) is 11.8 Å². The Hall–Kier alpha value is -3.40. The van der Waals surface area contributed by atoms with E-state index in [0.717, 1.165) is 56.7 Å². The van der Waals surface area contributed by atoms with Crippen LogP contribution in [-0.2, 0) is 6.42 Å². The lowest BCUT2D eigenvalue weighted by Gasteiger charge is -2.24. The molecule has 3 aromatic carbocycles. The van der Waals surface area contributed by atoms with Crippen LogP contribution in [0.15, 0.2) is 83.9 Å². The Morgan fingerprint density at radius 1 is 0.914 bits per heavy atom. The van der Waals surface area contributed by atoms with E-state index >= 15 is 0 Å². The predicted molar refractivity (Wildman–Crippen MR) is 147 cm³/mol. The second-order valence-corrected chi connectivity index (χ2v) is 9.15. The molecule has 0 radical (unpaired) electrons. The molecule has 4 nitrogen and oxygen atoms in total. The molecule has 3 aromatic rings. The number of aliphatic imine (C=N–C) groups is 1. The molecule has 1 unspecified atom stereocenters. The number of benzene rings is 3. The maximum atomic E-state index is 12.8. The zero-order valence-electron chi connectivity index (χ0n) is 21.0. The lowest BCUT2D eigenvalue weighted by molar-refractivity contribution is 0.0773. The van der Waals surface area contributed by atoms with Crippen LogP contribution in [0.3, 0.4) is 0 Å². The molecule has 4 heteroatoms. The summed E-state index contributed by atoms with van der Waals surface area (Å²) < 4.78 is 0. The number of nitrogens with one attached hydrogen (secondary N) is 1. The van der Waals surface area contributed by atoms with Crippen molar-refractivity contribution in [3.05, 3.63) is 101 Å². The zero-order valence-corrected chi connectivity index (χ0v) is 21.0. The van der Waals surface area contributed by atoms with E-state index in [1.165, 1.54) is 28.8 Å². The van der Waals surface area contributed by atoms with Crippen LogP contribution in [0, 0.1) is 0 Å². The molecule has 0 spiro atoms. The van der Waals surface area contributed by atoms with Gasteiger partial charge >= 0.3 is 0 Å². The topological polar surface area (TPSA) is 44.7 Å². The zero-order chi connectivity index (χ0) is 24.5. The molecule has 0 saturated heterocycles. The van der Waals surface area contributed by atoms with E-state index in [1.54, 1.807) is 0 Å². The molecule has 0 aliphatic carbocycles. The standard InChI is InChI=1S/C31H37N3O/c1-3-34(4-2)31(35)26-18-16-25(17-19-26)30(29-15-8-9-21-33-29)27-13-10-14-28(23-27)32-22-20-24-11-6-5-7-12-24/h5-7,10-14,16-19,23,30,32H,3-4,8-9,15,20-22H2,1-2H3. The minimum absolute atomic E-state index is 0.0951. The molecule has 0 bridgehead atoms. The Bertz CT molecular complexity index is 1120. The van der Waals surface area contributed by atoms with Gasteiger partial charge in [-0.05, 0) is 80.5 Å². The predicted octanol–water partition coefficient (Wildman–Crippen LogP) is 6.58. The van der Waals surface area contributed by atoms with Crippen molar-refractivity contribution in [3.8, 4) is 0 Å². The third kappa shape index (κ3) is 6.39. The van der Waals surface area contributed by atoms with Gasteiger partial charge in [0.25, 0.3) is 5.91 Å². The molecule has 0 fully saturated rings. The molecule has 1 aliphatic heterocycles. The Morgan fingerprint density at radius 3 is 2.37 bits per heavy atom. The molecule has 35 heavy (non-hydrogen) atoms. The summed E-state index contributed by atoms with van der Waals surface area (Å²) in [6.45, 7) is 7.28. The highest BCUT2D eigenvalue weighted by Crippen LogP contribution is 2.32. The van der Waals surface area contributed by atoms with Gasteiger partial charge in [0.05, 0.1) is 0 Å². The van der Waals surface area contributed by atoms with E-state index in [9.17, 15) is 4.79 Å². The fraction of sp³-hybridized carbons (Fsp3) is 0.355. The summed E-state index contributed by atoms with van der Waals surface area (Å²) in [6, 6.07) is 27.5. The number of amides is 1. The molecule has 1 aliphatic rings. The highest BCUT2D eigenvalue weighted by atomic mass is 16.2. The van der Waals surface area contributed by atoms with Crippen LogP contribution in [0.25, 0.3) is 0 Å². The van der Waals surface area contributed by atoms with E-state index in [0.29, 0.717) is 0 Å². The number of anilines is 1. The van der Waals surface area contributed by atoms with Gasteiger partial charge < -0.3 is 10.2 Å². The molecular formula is C31H37N3O. The summed E-state index contributed by atoms with van der Waals surface area (Å²) in [6.07, 6.45) is 4.36. The third-order valence-electron chi connectivity index (χ3n) is 6.84. The number of hydrogen-bond donors (Lipinski definition) is 1. The fourth-order valence-electron chi connectivity index (χ4n) is 4.87. The molecule has 4 rings (SSSR count). The van der Waals surface area contributed by atoms with Crippen molar-refractivity contribution in [2.75, 3.05) is 31.5 Å². The maximum absolute atomic E-state index is 12.8. The number of carbonyl (C=O) groups excluding carboxylic acids is 1. The Kier molecular flexibility index (Phi) is 8.72. The van der Waals surface area contributed by atoms with Crippen LogP contribution < -0.4 is 5.32 Å². The number of carbonyl (C=O) groups is 1. The molecule has 1 atom stereocenters. The average molecular weight is 468 g/mol. The second-order valence-electron chi connectivity index (χ2n) is 9.15. The fourth-order valence-corrected chi connectivity index (χ4v) is 4.87. The first-order valence-corrected chi connectivity index (χ1v) is 13.0. The summed E-state index contributed by atoms with van der Waals surface area (Å²) in [4.78, 5) is 19.6. The molecule has 1 N–H and O–H groups in total. The maximum Gasteiger partial charge on any atom is 0.253 e. The second kappa shape index (κ2) is 12.3. The van der Waals surface area contributed by atoms with Crippen molar-refractivity contribution in [2.24, 2.45) is 4.99 Å². The summed E-state index contributed by atoms with van der Waals surface area (Å²) in [5.41, 5.74) is 6.91. The van der Waals surface area contributed by atoms with Crippen LogP contribution >= 0.6 is 0 Å². The SMILES string of the molecule is CCN(CC)C(=O)c1ccc(C(C2=NCCCC2)c2cccc(NCCc3ccccc3)c2)cc1. The Morgan fingerprint density at radius 2 is 1.69 bits per heavy atom. The Labute approximate surface area is 210 Å². The molecule has 1 amide bonds. The first-order valence-electron chi connectivity index (χ1n) is 13.0. The van der Waals surface area contributed by atoms with E-state index in [1.807, 2.05) is 30.9 Å². The van der Waals surface area contributed by atoms with Gasteiger partial charge in [0.1, 0.15) is 0 Å². The van der Waals surface area contributed by atoms with Gasteiger partial charge in [0, 0.05) is 49.1 Å². The lowest BCUT2D eigenvalue weighted by Crippen LogP contribution is -2.30. The minimum Gasteiger partial charge on any atom is -0.385 e. The van der Waals surface area contributed by atoms with Crippen LogP contribution in [0.4, 0.5) is 5.69 Å². The van der Waals surface area contributed by atoms with Crippen LogP contribution in [0.5, 0.6) is 0 Å². The van der Waals surface area contributed by atoms with Crippen molar-refractivity contribution < 1.29 is 4.79 Å². The summed E-state index contributed by atoms with van der Waals surface area (Å²) in [5, 5.41) is 3.60. The van der Waals surface area contributed by atoms with E-state index < -0.39 is 0 Å². The highest BCUT2D eigenvalue weighted by molar-refractivity contribution is 5.96. The number of nitrogens with zero attached hydrogens (tertiary/aromatic N) is 2. The van der Waals surface area contributed by atoms with Gasteiger partial charge in [-0.2, -0.15) is 0 Å². The van der Waals surface area contributed by atoms with Crippen LogP contribution in [-0.4, -0.2) is 42.7 Å². The quantitative estimate of drug-likeness (QED) is 0.366. The van der Waals surface area contributed by atoms with Crippen LogP contribution in [0.1, 0.15) is 66.1 Å². The smallest absolute Gasteiger partial charge is 0.253 e. The normalized spacial score (nSPS) is 14.2. The molecule has 1 heterocycles. The van der Waals surface area contributed by atoms with Gasteiger partial charge in [-0.15, -0.1) is 0 Å². The van der Waals surface area contributed by atoms with Gasteiger partial charge in [-0.25, -0.2) is 0 Å². The van der Waals surface area contributed by atoms with Gasteiger partial charge in [0.2, 0.25) is 0 Å². The van der Waals surface area contributed by atoms with E-state index in [4.69, 9.17) is 4.99 Å². The summed E-state index contributed by atoms with van der Waals surface area (Å²) >= 11 is 0. The average Bonchev–Trinajstić information content (AvgIpc) is 2.91. The van der Waals surface area contributed by atoms with E-state index in [2.05, 4.69) is 72.0 Å². The van der Waals surface area contributed by atoms with Crippen molar-refractivity contribution >= 4 is 17.3 Å². The van der Waals surface area contributed by atoms with Crippen molar-refractivity contribution in [3.63, 3.8) is 0 Å². The first-order chi connectivity index (χ1) is 17.2. The van der Waals surface area contributed by atoms with Crippen LogP contribution in [0.2, 0.25) is 0 Å². The van der Waals surface area contributed by atoms with Crippen molar-refractivity contribution in [2.45, 2.75) is 45.4 Å². The molecule has 0 aromatic heterocycles. The van der Waals surface area contributed by atoms with Crippen molar-refractivity contribution in [1.29, 1.82) is 0 Å². The number of rotatable bonds is 10. The largest absolute Gasteiger partial charge is 0.385 e. The highest BCUT2D eigenvalue weighted by Gasteiger charge is 2.23. The summed E-state index contributed by atoms with van der Waals surface area (Å²) in [5.74, 6) is 0.210. The summed E-state index contributed by atoms with van der Waals surface area (Å²) in [7, 11) is 0. The van der Waals surface area contributed by atoms with Gasteiger partial charge in [-0.1, -0.05) is 54.6 Å². The number of hydrogen-bond acceptors (Lipinski definition) is 3. The molecule has 0 saturated carbocycles. The van der Waals surface area contributed by atoms with Crippen molar-refractivity contribution in [1.82, 2.24) is 4.90 Å². The minimum atomic E-state index is 0.0951. The molecular weight excluding hydrogens is 430 g/mol. The molecule has 182 valence electrons. The van der Waals surface area contributed by atoms with Gasteiger partial charge in [0.15, 0.2) is 0 Å². The monoisotopic (exact) mass is 467 g/mol. The third-order valence-corrected chi connectivity index (χ3v) is 6.84.